The molecule has 3 rings (SSSR count). The molecule has 1 aliphatic carbocycles. The minimum Gasteiger partial charge on any atom is -0.295 e. The van der Waals surface area contributed by atoms with Gasteiger partial charge in [0.15, 0.2) is 9.84 Å². The fourth-order valence-electron chi connectivity index (χ4n) is 3.44. The Hall–Kier alpha value is -2.16. The van der Waals surface area contributed by atoms with Crippen LogP contribution in [-0.2, 0) is 23.9 Å². The predicted octanol–water partition coefficient (Wildman–Crippen LogP) is 1.89. The second-order valence-electron chi connectivity index (χ2n) is 6.27. The van der Waals surface area contributed by atoms with E-state index in [0.717, 1.165) is 19.3 Å². The molecule has 0 spiro atoms. The lowest BCUT2D eigenvalue weighted by atomic mass is 10.0. The van der Waals surface area contributed by atoms with E-state index in [9.17, 15) is 23.3 Å². The van der Waals surface area contributed by atoms with E-state index in [-0.39, 0.29) is 10.6 Å². The lowest BCUT2D eigenvalue weighted by Crippen LogP contribution is -2.24. The Morgan fingerprint density at radius 1 is 1.08 bits per heavy atom. The van der Waals surface area contributed by atoms with E-state index in [1.807, 2.05) is 0 Å². The van der Waals surface area contributed by atoms with Gasteiger partial charge in [0.05, 0.1) is 21.2 Å². The zero-order valence-electron chi connectivity index (χ0n) is 13.6. The number of nitro groups is 1. The zero-order chi connectivity index (χ0) is 17.6. The number of aromatic nitrogens is 2. The quantitative estimate of drug-likeness (QED) is 0.619. The summed E-state index contributed by atoms with van der Waals surface area (Å²) in [4.78, 5) is 22.5. The molecule has 0 N–H and O–H groups in total. The third kappa shape index (κ3) is 2.43. The van der Waals surface area contributed by atoms with Crippen molar-refractivity contribution in [3.05, 3.63) is 32.7 Å². The number of aryl methyl sites for hydroxylation is 2. The third-order valence-corrected chi connectivity index (χ3v) is 7.14. The summed E-state index contributed by atoms with van der Waals surface area (Å²) in [5.41, 5.74) is -0.0972. The topological polar surface area (TPSA) is 104 Å². The summed E-state index contributed by atoms with van der Waals surface area (Å²) in [5, 5.41) is 10.9. The summed E-state index contributed by atoms with van der Waals surface area (Å²) in [7, 11) is -0.791. The van der Waals surface area contributed by atoms with Gasteiger partial charge in [-0.2, -0.15) is 0 Å². The van der Waals surface area contributed by atoms with E-state index < -0.39 is 25.7 Å². The van der Waals surface area contributed by atoms with Gasteiger partial charge in [0.2, 0.25) is 0 Å². The largest absolute Gasteiger partial charge is 0.328 e. The van der Waals surface area contributed by atoms with E-state index in [1.54, 1.807) is 0 Å². The number of rotatable bonds is 3. The molecule has 1 heterocycles. The molecule has 0 amide bonds. The van der Waals surface area contributed by atoms with E-state index in [0.29, 0.717) is 23.9 Å². The van der Waals surface area contributed by atoms with Crippen LogP contribution in [0.1, 0.15) is 32.1 Å². The SMILES string of the molecule is Cn1c(=O)n(C)c2cc(S(=O)(=O)C3CCCCC3)c([N+](=O)[O-])cc21. The smallest absolute Gasteiger partial charge is 0.295 e. The highest BCUT2D eigenvalue weighted by Crippen LogP contribution is 2.35. The Bertz CT molecular complexity index is 981. The molecule has 24 heavy (non-hydrogen) atoms. The molecular formula is C15H19N3O5S. The van der Waals surface area contributed by atoms with Gasteiger partial charge in [-0.1, -0.05) is 19.3 Å². The molecule has 0 saturated heterocycles. The standard InChI is InChI=1S/C15H19N3O5S/c1-16-11-8-13(18(20)21)14(9-12(11)17(2)15(16)19)24(22,23)10-6-4-3-5-7-10/h8-10H,3-7H2,1-2H3. The van der Waals surface area contributed by atoms with Crippen molar-refractivity contribution < 1.29 is 13.3 Å². The molecule has 1 aromatic heterocycles. The van der Waals surface area contributed by atoms with Crippen molar-refractivity contribution in [1.29, 1.82) is 0 Å². The number of hydrogen-bond acceptors (Lipinski definition) is 5. The Balaban J connectivity index is 2.30. The van der Waals surface area contributed by atoms with Gasteiger partial charge in [0.1, 0.15) is 4.90 Å². The Morgan fingerprint density at radius 2 is 1.62 bits per heavy atom. The fraction of sp³-hybridized carbons (Fsp3) is 0.533. The summed E-state index contributed by atoms with van der Waals surface area (Å²) < 4.78 is 28.5. The molecule has 1 saturated carbocycles. The molecule has 1 aromatic carbocycles. The van der Waals surface area contributed by atoms with Crippen molar-refractivity contribution in [3.8, 4) is 0 Å². The Labute approximate surface area is 138 Å². The first kappa shape index (κ1) is 16.7. The van der Waals surface area contributed by atoms with Crippen molar-refractivity contribution in [1.82, 2.24) is 9.13 Å². The fourth-order valence-corrected chi connectivity index (χ4v) is 5.45. The van der Waals surface area contributed by atoms with Crippen LogP contribution in [0.15, 0.2) is 21.8 Å². The molecule has 130 valence electrons. The van der Waals surface area contributed by atoms with Gasteiger partial charge in [-0.15, -0.1) is 0 Å². The molecule has 0 unspecified atom stereocenters. The monoisotopic (exact) mass is 353 g/mol. The zero-order valence-corrected chi connectivity index (χ0v) is 14.4. The van der Waals surface area contributed by atoms with Crippen LogP contribution in [0.5, 0.6) is 0 Å². The van der Waals surface area contributed by atoms with E-state index in [2.05, 4.69) is 0 Å². The highest BCUT2D eigenvalue weighted by atomic mass is 32.2. The molecule has 2 aromatic rings. The number of nitrogens with zero attached hydrogens (tertiary/aromatic N) is 3. The van der Waals surface area contributed by atoms with Crippen molar-refractivity contribution >= 4 is 26.6 Å². The van der Waals surface area contributed by atoms with E-state index in [4.69, 9.17) is 0 Å². The van der Waals surface area contributed by atoms with Crippen LogP contribution >= 0.6 is 0 Å². The molecule has 1 aliphatic rings. The first-order valence-corrected chi connectivity index (χ1v) is 9.37. The lowest BCUT2D eigenvalue weighted by molar-refractivity contribution is -0.387. The number of sulfone groups is 1. The summed E-state index contributed by atoms with van der Waals surface area (Å²) >= 11 is 0. The minimum atomic E-state index is -3.82. The molecular weight excluding hydrogens is 334 g/mol. The van der Waals surface area contributed by atoms with Crippen LogP contribution < -0.4 is 5.69 Å². The van der Waals surface area contributed by atoms with Gasteiger partial charge in [-0.25, -0.2) is 13.2 Å². The first-order valence-electron chi connectivity index (χ1n) is 7.83. The number of benzene rings is 1. The van der Waals surface area contributed by atoms with Gasteiger partial charge in [-0.3, -0.25) is 19.2 Å². The van der Waals surface area contributed by atoms with Gasteiger partial charge < -0.3 is 0 Å². The van der Waals surface area contributed by atoms with Crippen LogP contribution in [0.25, 0.3) is 11.0 Å². The summed E-state index contributed by atoms with van der Waals surface area (Å²) in [6.45, 7) is 0. The van der Waals surface area contributed by atoms with E-state index in [1.165, 1.54) is 35.4 Å². The molecule has 9 heteroatoms. The number of fused-ring (bicyclic) bond motifs is 1. The van der Waals surface area contributed by atoms with Crippen molar-refractivity contribution in [2.45, 2.75) is 42.2 Å². The van der Waals surface area contributed by atoms with Gasteiger partial charge >= 0.3 is 5.69 Å². The second kappa shape index (κ2) is 5.73. The summed E-state index contributed by atoms with van der Waals surface area (Å²) in [6, 6.07) is 2.46. The third-order valence-electron chi connectivity index (χ3n) is 4.85. The van der Waals surface area contributed by atoms with Crippen LogP contribution in [0.2, 0.25) is 0 Å². The second-order valence-corrected chi connectivity index (χ2v) is 8.47. The van der Waals surface area contributed by atoms with Gasteiger partial charge in [0.25, 0.3) is 5.69 Å². The van der Waals surface area contributed by atoms with Crippen LogP contribution in [0.4, 0.5) is 5.69 Å². The first-order chi connectivity index (χ1) is 11.2. The molecule has 0 bridgehead atoms. The van der Waals surface area contributed by atoms with Crippen molar-refractivity contribution in [2.75, 3.05) is 0 Å². The molecule has 0 radical (unpaired) electrons. The van der Waals surface area contributed by atoms with Crippen LogP contribution in [0, 0.1) is 10.1 Å². The van der Waals surface area contributed by atoms with Crippen molar-refractivity contribution in [3.63, 3.8) is 0 Å². The lowest BCUT2D eigenvalue weighted by Gasteiger charge is -2.21. The molecule has 0 aliphatic heterocycles. The van der Waals surface area contributed by atoms with Crippen LogP contribution in [0.3, 0.4) is 0 Å². The maximum atomic E-state index is 13.0. The normalized spacial score (nSPS) is 16.6. The predicted molar refractivity (Wildman–Crippen MR) is 88.9 cm³/mol. The molecule has 0 atom stereocenters. The average molecular weight is 353 g/mol. The van der Waals surface area contributed by atoms with Crippen LogP contribution in [-0.4, -0.2) is 27.7 Å². The molecule has 8 nitrogen and oxygen atoms in total. The Kier molecular flexibility index (Phi) is 3.98. The van der Waals surface area contributed by atoms with Gasteiger partial charge in [0, 0.05) is 20.2 Å². The summed E-state index contributed by atoms with van der Waals surface area (Å²) in [6.07, 6.45) is 3.64. The van der Waals surface area contributed by atoms with E-state index >= 15 is 0 Å². The van der Waals surface area contributed by atoms with Gasteiger partial charge in [-0.05, 0) is 18.9 Å². The highest BCUT2D eigenvalue weighted by molar-refractivity contribution is 7.92. The summed E-state index contributed by atoms with van der Waals surface area (Å²) in [5.74, 6) is 0. The average Bonchev–Trinajstić information content (AvgIpc) is 2.79. The number of nitro benzene ring substituents is 1. The Morgan fingerprint density at radius 3 is 2.17 bits per heavy atom. The highest BCUT2D eigenvalue weighted by Gasteiger charge is 2.35. The number of hydrogen-bond donors (Lipinski definition) is 0. The molecule has 1 fully saturated rings. The number of imidazole rings is 1. The van der Waals surface area contributed by atoms with Crippen molar-refractivity contribution in [2.24, 2.45) is 14.1 Å². The maximum Gasteiger partial charge on any atom is 0.328 e. The minimum absolute atomic E-state index is 0.284. The maximum absolute atomic E-state index is 13.0.